The van der Waals surface area contributed by atoms with Crippen molar-refractivity contribution in [1.29, 1.82) is 0 Å². The maximum absolute atomic E-state index is 5.49. The average molecular weight is 481 g/mol. The third kappa shape index (κ3) is 5.24. The molecule has 1 saturated heterocycles. The summed E-state index contributed by atoms with van der Waals surface area (Å²) in [5.41, 5.74) is 6.77. The van der Waals surface area contributed by atoms with Gasteiger partial charge in [0.15, 0.2) is 5.82 Å². The van der Waals surface area contributed by atoms with Crippen molar-refractivity contribution in [3.05, 3.63) is 90.0 Å². The van der Waals surface area contributed by atoms with E-state index in [1.165, 1.54) is 11.1 Å². The molecule has 6 nitrogen and oxygen atoms in total. The van der Waals surface area contributed by atoms with E-state index in [0.29, 0.717) is 5.92 Å². The van der Waals surface area contributed by atoms with E-state index in [1.54, 1.807) is 26.6 Å². The van der Waals surface area contributed by atoms with Gasteiger partial charge in [-0.3, -0.25) is 9.88 Å². The van der Waals surface area contributed by atoms with Gasteiger partial charge in [-0.15, -0.1) is 0 Å². The second-order valence-corrected chi connectivity index (χ2v) is 9.31. The molecule has 0 radical (unpaired) electrons. The summed E-state index contributed by atoms with van der Waals surface area (Å²) in [5, 5.41) is 0. The molecule has 0 atom stereocenters. The van der Waals surface area contributed by atoms with Gasteiger partial charge in [0.25, 0.3) is 0 Å². The van der Waals surface area contributed by atoms with Crippen LogP contribution >= 0.6 is 0 Å². The minimum Gasteiger partial charge on any atom is -0.497 e. The van der Waals surface area contributed by atoms with Gasteiger partial charge in [-0.25, -0.2) is 9.97 Å². The Morgan fingerprint density at radius 2 is 1.72 bits per heavy atom. The Kier molecular flexibility index (Phi) is 7.23. The summed E-state index contributed by atoms with van der Waals surface area (Å²) >= 11 is 0. The molecule has 1 fully saturated rings. The molecular weight excluding hydrogens is 448 g/mol. The number of aryl methyl sites for hydroxylation is 1. The predicted octanol–water partition coefficient (Wildman–Crippen LogP) is 5.91. The third-order valence-corrected chi connectivity index (χ3v) is 6.98. The van der Waals surface area contributed by atoms with Crippen molar-refractivity contribution in [2.75, 3.05) is 27.3 Å². The summed E-state index contributed by atoms with van der Waals surface area (Å²) in [6, 6.07) is 18.6. The standard InChI is InChI=1S/C30H32N4O2/c1-21-17-22(7-8-28(21)36-3)20-34-15-11-23(12-16-34)29-27(25-5-4-6-26(18-25)35-2)19-32-30(33-29)24-9-13-31-14-10-24/h4-10,13-14,17-19,23H,11-12,15-16,20H2,1-3H3. The minimum absolute atomic E-state index is 0.364. The maximum Gasteiger partial charge on any atom is 0.159 e. The molecule has 4 aromatic rings. The Balaban J connectivity index is 1.39. The van der Waals surface area contributed by atoms with Gasteiger partial charge >= 0.3 is 0 Å². The number of hydrogen-bond acceptors (Lipinski definition) is 6. The van der Waals surface area contributed by atoms with Crippen LogP contribution in [0.5, 0.6) is 11.5 Å². The molecule has 36 heavy (non-hydrogen) atoms. The molecule has 1 aliphatic heterocycles. The molecule has 0 bridgehead atoms. The van der Waals surface area contributed by atoms with Crippen LogP contribution < -0.4 is 9.47 Å². The number of piperidine rings is 1. The van der Waals surface area contributed by atoms with Gasteiger partial charge in [0.2, 0.25) is 0 Å². The van der Waals surface area contributed by atoms with Gasteiger partial charge in [-0.1, -0.05) is 24.3 Å². The number of ether oxygens (including phenoxy) is 2. The maximum atomic E-state index is 5.49. The van der Waals surface area contributed by atoms with Crippen molar-refractivity contribution < 1.29 is 9.47 Å². The van der Waals surface area contributed by atoms with E-state index in [-0.39, 0.29) is 0 Å². The first kappa shape index (κ1) is 23.9. The van der Waals surface area contributed by atoms with Crippen molar-refractivity contribution in [2.45, 2.75) is 32.2 Å². The summed E-state index contributed by atoms with van der Waals surface area (Å²) in [6.45, 7) is 5.11. The van der Waals surface area contributed by atoms with E-state index in [0.717, 1.165) is 72.2 Å². The number of nitrogens with zero attached hydrogens (tertiary/aromatic N) is 4. The van der Waals surface area contributed by atoms with Gasteiger partial charge in [-0.2, -0.15) is 0 Å². The van der Waals surface area contributed by atoms with Crippen LogP contribution in [0.3, 0.4) is 0 Å². The lowest BCUT2D eigenvalue weighted by atomic mass is 9.88. The lowest BCUT2D eigenvalue weighted by molar-refractivity contribution is 0.203. The van der Waals surface area contributed by atoms with Gasteiger partial charge in [0.05, 0.1) is 19.9 Å². The van der Waals surface area contributed by atoms with Crippen LogP contribution in [0.25, 0.3) is 22.5 Å². The summed E-state index contributed by atoms with van der Waals surface area (Å²) in [5.74, 6) is 2.89. The minimum atomic E-state index is 0.364. The molecule has 0 unspecified atom stereocenters. The number of benzene rings is 2. The Morgan fingerprint density at radius 3 is 2.44 bits per heavy atom. The fraction of sp³-hybridized carbons (Fsp3) is 0.300. The summed E-state index contributed by atoms with van der Waals surface area (Å²) < 4.78 is 10.9. The Hall–Kier alpha value is -3.77. The summed E-state index contributed by atoms with van der Waals surface area (Å²) in [7, 11) is 3.42. The van der Waals surface area contributed by atoms with Gasteiger partial charge in [-0.05, 0) is 79.9 Å². The largest absolute Gasteiger partial charge is 0.497 e. The molecule has 0 amide bonds. The molecule has 1 aliphatic rings. The summed E-state index contributed by atoms with van der Waals surface area (Å²) in [6.07, 6.45) is 7.65. The SMILES string of the molecule is COc1cccc(-c2cnc(-c3ccncc3)nc2C2CCN(Cc3ccc(OC)c(C)c3)CC2)c1. The topological polar surface area (TPSA) is 60.4 Å². The van der Waals surface area contributed by atoms with Crippen molar-refractivity contribution in [2.24, 2.45) is 0 Å². The molecule has 0 saturated carbocycles. The highest BCUT2D eigenvalue weighted by Gasteiger charge is 2.25. The Morgan fingerprint density at radius 1 is 0.917 bits per heavy atom. The quantitative estimate of drug-likeness (QED) is 0.328. The van der Waals surface area contributed by atoms with Crippen LogP contribution in [0, 0.1) is 6.92 Å². The molecule has 2 aromatic heterocycles. The highest BCUT2D eigenvalue weighted by molar-refractivity contribution is 5.69. The number of aromatic nitrogens is 3. The van der Waals surface area contributed by atoms with E-state index in [2.05, 4.69) is 47.1 Å². The Bertz CT molecular complexity index is 1320. The van der Waals surface area contributed by atoms with E-state index >= 15 is 0 Å². The lowest BCUT2D eigenvalue weighted by Crippen LogP contribution is -2.33. The highest BCUT2D eigenvalue weighted by atomic mass is 16.5. The number of likely N-dealkylation sites (tertiary alicyclic amines) is 1. The van der Waals surface area contributed by atoms with Gasteiger partial charge < -0.3 is 9.47 Å². The smallest absolute Gasteiger partial charge is 0.159 e. The second kappa shape index (κ2) is 10.9. The molecule has 5 rings (SSSR count). The Labute approximate surface area is 213 Å². The monoisotopic (exact) mass is 480 g/mol. The van der Waals surface area contributed by atoms with E-state index in [1.807, 2.05) is 30.5 Å². The van der Waals surface area contributed by atoms with Crippen LogP contribution in [-0.4, -0.2) is 47.2 Å². The van der Waals surface area contributed by atoms with E-state index in [9.17, 15) is 0 Å². The number of rotatable bonds is 7. The first-order valence-electron chi connectivity index (χ1n) is 12.4. The van der Waals surface area contributed by atoms with Gasteiger partial charge in [0.1, 0.15) is 11.5 Å². The van der Waals surface area contributed by atoms with Crippen LogP contribution in [0.4, 0.5) is 0 Å². The van der Waals surface area contributed by atoms with E-state index < -0.39 is 0 Å². The average Bonchev–Trinajstić information content (AvgIpc) is 2.94. The molecular formula is C30H32N4O2. The molecule has 6 heteroatoms. The lowest BCUT2D eigenvalue weighted by Gasteiger charge is -2.32. The highest BCUT2D eigenvalue weighted by Crippen LogP contribution is 2.36. The number of methoxy groups -OCH3 is 2. The molecule has 0 spiro atoms. The fourth-order valence-electron chi connectivity index (χ4n) is 5.02. The zero-order valence-electron chi connectivity index (χ0n) is 21.1. The molecule has 0 N–H and O–H groups in total. The number of pyridine rings is 1. The van der Waals surface area contributed by atoms with Crippen molar-refractivity contribution in [3.8, 4) is 34.0 Å². The molecule has 3 heterocycles. The van der Waals surface area contributed by atoms with Crippen LogP contribution in [0.1, 0.15) is 35.6 Å². The number of hydrogen-bond donors (Lipinski definition) is 0. The summed E-state index contributed by atoms with van der Waals surface area (Å²) in [4.78, 5) is 16.5. The van der Waals surface area contributed by atoms with Crippen LogP contribution in [0.2, 0.25) is 0 Å². The normalized spacial score (nSPS) is 14.5. The fourth-order valence-corrected chi connectivity index (χ4v) is 5.02. The van der Waals surface area contributed by atoms with Crippen LogP contribution in [-0.2, 0) is 6.54 Å². The van der Waals surface area contributed by atoms with Crippen molar-refractivity contribution in [1.82, 2.24) is 19.9 Å². The second-order valence-electron chi connectivity index (χ2n) is 9.31. The first-order chi connectivity index (χ1) is 17.6. The molecule has 2 aromatic carbocycles. The third-order valence-electron chi connectivity index (χ3n) is 6.98. The molecule has 0 aliphatic carbocycles. The predicted molar refractivity (Wildman–Crippen MR) is 142 cm³/mol. The van der Waals surface area contributed by atoms with E-state index in [4.69, 9.17) is 19.4 Å². The first-order valence-corrected chi connectivity index (χ1v) is 12.4. The van der Waals surface area contributed by atoms with Crippen LogP contribution in [0.15, 0.2) is 73.2 Å². The molecule has 184 valence electrons. The van der Waals surface area contributed by atoms with Gasteiger partial charge in [0, 0.05) is 42.2 Å². The zero-order chi connectivity index (χ0) is 24.9. The zero-order valence-corrected chi connectivity index (χ0v) is 21.1. The van der Waals surface area contributed by atoms with Crippen molar-refractivity contribution in [3.63, 3.8) is 0 Å². The van der Waals surface area contributed by atoms with Crippen molar-refractivity contribution >= 4 is 0 Å².